The lowest BCUT2D eigenvalue weighted by molar-refractivity contribution is 0.0970. The van der Waals surface area contributed by atoms with E-state index in [4.69, 9.17) is 4.74 Å². The van der Waals surface area contributed by atoms with Gasteiger partial charge in [-0.1, -0.05) is 12.1 Å². The Hall–Kier alpha value is -3.48. The highest BCUT2D eigenvalue weighted by Crippen LogP contribution is 2.19. The number of benzene rings is 2. The Kier molecular flexibility index (Phi) is 4.79. The molecule has 0 fully saturated rings. The summed E-state index contributed by atoms with van der Waals surface area (Å²) in [7, 11) is 1.46. The molecule has 1 heterocycles. The van der Waals surface area contributed by atoms with Gasteiger partial charge in [-0.25, -0.2) is 4.39 Å². The van der Waals surface area contributed by atoms with E-state index >= 15 is 0 Å². The van der Waals surface area contributed by atoms with E-state index in [9.17, 15) is 18.8 Å². The van der Waals surface area contributed by atoms with Gasteiger partial charge in [0.1, 0.15) is 11.6 Å². The van der Waals surface area contributed by atoms with Crippen LogP contribution >= 0.6 is 0 Å². The van der Waals surface area contributed by atoms with Crippen LogP contribution in [0.4, 0.5) is 4.39 Å². The first-order valence-electron chi connectivity index (χ1n) is 7.75. The zero-order valence-electron chi connectivity index (χ0n) is 13.9. The summed E-state index contributed by atoms with van der Waals surface area (Å²) in [5.74, 6) is -0.422. The lowest BCUT2D eigenvalue weighted by Gasteiger charge is -2.11. The molecule has 0 aliphatic heterocycles. The number of halogens is 1. The standard InChI is InChI=1S/C19H15FN2O4/c1-26-17-5-3-2-4-15(17)22-11-10-21(18(24)19(22)25)12-16(23)13-6-8-14(20)9-7-13/h2-11H,12H2,1H3. The second kappa shape index (κ2) is 7.18. The Morgan fingerprint density at radius 3 is 2.38 bits per heavy atom. The van der Waals surface area contributed by atoms with Crippen LogP contribution in [-0.2, 0) is 6.54 Å². The number of carbonyl (C=O) groups is 1. The molecule has 0 amide bonds. The number of para-hydroxylation sites is 2. The molecule has 0 radical (unpaired) electrons. The number of ether oxygens (including phenoxy) is 1. The average molecular weight is 354 g/mol. The van der Waals surface area contributed by atoms with Crippen molar-refractivity contribution in [2.75, 3.05) is 7.11 Å². The summed E-state index contributed by atoms with van der Waals surface area (Å²) in [5.41, 5.74) is -0.959. The monoisotopic (exact) mass is 354 g/mol. The molecule has 1 aromatic heterocycles. The third-order valence-corrected chi connectivity index (χ3v) is 3.88. The van der Waals surface area contributed by atoms with Crippen molar-refractivity contribution in [3.05, 3.63) is 93.0 Å². The molecule has 0 atom stereocenters. The molecule has 3 rings (SSSR count). The minimum Gasteiger partial charge on any atom is -0.495 e. The molecule has 3 aromatic rings. The molecule has 0 N–H and O–H groups in total. The zero-order chi connectivity index (χ0) is 18.7. The van der Waals surface area contributed by atoms with Crippen LogP contribution in [0.3, 0.4) is 0 Å². The molecule has 0 spiro atoms. The molecule has 7 heteroatoms. The molecule has 0 saturated heterocycles. The molecule has 2 aromatic carbocycles. The number of hydrogen-bond acceptors (Lipinski definition) is 4. The van der Waals surface area contributed by atoms with Gasteiger partial charge in [0, 0.05) is 18.0 Å². The highest BCUT2D eigenvalue weighted by atomic mass is 19.1. The Labute approximate surface area is 147 Å². The van der Waals surface area contributed by atoms with Gasteiger partial charge < -0.3 is 9.30 Å². The minimum absolute atomic E-state index is 0.257. The van der Waals surface area contributed by atoms with E-state index in [2.05, 4.69) is 0 Å². The number of Topliss-reactive ketones (excluding diaryl/α,β-unsaturated/α-hetero) is 1. The van der Waals surface area contributed by atoms with Crippen LogP contribution in [0.1, 0.15) is 10.4 Å². The second-order valence-corrected chi connectivity index (χ2v) is 5.51. The highest BCUT2D eigenvalue weighted by Gasteiger charge is 2.13. The van der Waals surface area contributed by atoms with Gasteiger partial charge in [-0.3, -0.25) is 19.0 Å². The lowest BCUT2D eigenvalue weighted by Crippen LogP contribution is -2.41. The van der Waals surface area contributed by atoms with E-state index < -0.39 is 22.7 Å². The number of nitrogens with zero attached hydrogens (tertiary/aromatic N) is 2. The van der Waals surface area contributed by atoms with Crippen LogP contribution in [0.2, 0.25) is 0 Å². The summed E-state index contributed by atoms with van der Waals surface area (Å²) in [6.45, 7) is -0.313. The number of ketones is 1. The first-order chi connectivity index (χ1) is 12.5. The third-order valence-electron chi connectivity index (χ3n) is 3.88. The smallest absolute Gasteiger partial charge is 0.321 e. The number of hydrogen-bond donors (Lipinski definition) is 0. The van der Waals surface area contributed by atoms with Crippen molar-refractivity contribution in [2.24, 2.45) is 0 Å². The molecule has 132 valence electrons. The summed E-state index contributed by atoms with van der Waals surface area (Å²) in [5, 5.41) is 0. The summed E-state index contributed by atoms with van der Waals surface area (Å²) in [6, 6.07) is 11.8. The summed E-state index contributed by atoms with van der Waals surface area (Å²) >= 11 is 0. The minimum atomic E-state index is -0.839. The summed E-state index contributed by atoms with van der Waals surface area (Å²) in [6.07, 6.45) is 2.76. The Bertz CT molecular complexity index is 1070. The van der Waals surface area contributed by atoms with Gasteiger partial charge in [0.2, 0.25) is 0 Å². The van der Waals surface area contributed by atoms with Crippen molar-refractivity contribution in [1.29, 1.82) is 0 Å². The highest BCUT2D eigenvalue weighted by molar-refractivity contribution is 5.95. The van der Waals surface area contributed by atoms with E-state index in [1.165, 1.54) is 36.2 Å². The fourth-order valence-corrected chi connectivity index (χ4v) is 2.53. The van der Waals surface area contributed by atoms with Gasteiger partial charge in [-0.05, 0) is 36.4 Å². The molecule has 6 nitrogen and oxygen atoms in total. The van der Waals surface area contributed by atoms with E-state index in [0.717, 1.165) is 16.7 Å². The number of carbonyl (C=O) groups excluding carboxylic acids is 1. The maximum absolute atomic E-state index is 12.9. The molecule has 0 bridgehead atoms. The number of aromatic nitrogens is 2. The van der Waals surface area contributed by atoms with Crippen molar-refractivity contribution in [3.8, 4) is 11.4 Å². The summed E-state index contributed by atoms with van der Waals surface area (Å²) in [4.78, 5) is 37.0. The summed E-state index contributed by atoms with van der Waals surface area (Å²) < 4.78 is 20.3. The number of rotatable bonds is 5. The fraction of sp³-hybridized carbons (Fsp3) is 0.105. The van der Waals surface area contributed by atoms with Crippen LogP contribution in [-0.4, -0.2) is 22.0 Å². The molecule has 0 aliphatic rings. The van der Waals surface area contributed by atoms with E-state index in [0.29, 0.717) is 11.4 Å². The predicted molar refractivity (Wildman–Crippen MR) is 93.6 cm³/mol. The maximum atomic E-state index is 12.9. The Balaban J connectivity index is 1.95. The van der Waals surface area contributed by atoms with Crippen LogP contribution in [0.25, 0.3) is 5.69 Å². The van der Waals surface area contributed by atoms with Crippen molar-refractivity contribution < 1.29 is 13.9 Å². The zero-order valence-corrected chi connectivity index (χ0v) is 13.9. The topological polar surface area (TPSA) is 70.3 Å². The molecule has 0 aliphatic carbocycles. The van der Waals surface area contributed by atoms with Gasteiger partial charge in [-0.2, -0.15) is 0 Å². The van der Waals surface area contributed by atoms with Gasteiger partial charge in [-0.15, -0.1) is 0 Å². The second-order valence-electron chi connectivity index (χ2n) is 5.51. The third kappa shape index (κ3) is 3.32. The SMILES string of the molecule is COc1ccccc1-n1ccn(CC(=O)c2ccc(F)cc2)c(=O)c1=O. The van der Waals surface area contributed by atoms with Gasteiger partial charge in [0.05, 0.1) is 19.3 Å². The van der Waals surface area contributed by atoms with Gasteiger partial charge in [0.15, 0.2) is 5.78 Å². The molecule has 0 saturated carbocycles. The van der Waals surface area contributed by atoms with Gasteiger partial charge >= 0.3 is 11.1 Å². The molecular weight excluding hydrogens is 339 g/mol. The van der Waals surface area contributed by atoms with Crippen molar-refractivity contribution >= 4 is 5.78 Å². The normalized spacial score (nSPS) is 10.5. The van der Waals surface area contributed by atoms with Crippen LogP contribution in [0.15, 0.2) is 70.5 Å². The number of methoxy groups -OCH3 is 1. The molecular formula is C19H15FN2O4. The fourth-order valence-electron chi connectivity index (χ4n) is 2.53. The Morgan fingerprint density at radius 1 is 1.00 bits per heavy atom. The molecule has 26 heavy (non-hydrogen) atoms. The van der Waals surface area contributed by atoms with Crippen LogP contribution < -0.4 is 15.9 Å². The van der Waals surface area contributed by atoms with E-state index in [-0.39, 0.29) is 12.1 Å². The maximum Gasteiger partial charge on any atom is 0.321 e. The van der Waals surface area contributed by atoms with Crippen molar-refractivity contribution in [1.82, 2.24) is 9.13 Å². The average Bonchev–Trinajstić information content (AvgIpc) is 2.66. The first-order valence-corrected chi connectivity index (χ1v) is 7.75. The van der Waals surface area contributed by atoms with E-state index in [1.807, 2.05) is 0 Å². The Morgan fingerprint density at radius 2 is 1.69 bits per heavy atom. The molecule has 0 unspecified atom stereocenters. The first kappa shape index (κ1) is 17.3. The quantitative estimate of drug-likeness (QED) is 0.519. The predicted octanol–water partition coefficient (Wildman–Crippen LogP) is 2.03. The van der Waals surface area contributed by atoms with Crippen LogP contribution in [0.5, 0.6) is 5.75 Å². The van der Waals surface area contributed by atoms with Crippen molar-refractivity contribution in [3.63, 3.8) is 0 Å². The lowest BCUT2D eigenvalue weighted by atomic mass is 10.1. The van der Waals surface area contributed by atoms with Gasteiger partial charge in [0.25, 0.3) is 0 Å². The van der Waals surface area contributed by atoms with Crippen LogP contribution in [0, 0.1) is 5.82 Å². The van der Waals surface area contributed by atoms with E-state index in [1.54, 1.807) is 24.3 Å². The van der Waals surface area contributed by atoms with Crippen molar-refractivity contribution in [2.45, 2.75) is 6.54 Å². The largest absolute Gasteiger partial charge is 0.495 e.